The van der Waals surface area contributed by atoms with Gasteiger partial charge in [0.1, 0.15) is 5.82 Å². The number of fused-ring (bicyclic) bond motifs is 1. The van der Waals surface area contributed by atoms with Crippen LogP contribution in [0.2, 0.25) is 5.02 Å². The van der Waals surface area contributed by atoms with E-state index in [-0.39, 0.29) is 29.1 Å². The molecule has 0 spiro atoms. The third-order valence-electron chi connectivity index (χ3n) is 4.16. The smallest absolute Gasteiger partial charge is 0.262 e. The molecule has 0 fully saturated rings. The van der Waals surface area contributed by atoms with Gasteiger partial charge < -0.3 is 5.32 Å². The minimum Gasteiger partial charge on any atom is -0.349 e. The van der Waals surface area contributed by atoms with Crippen molar-refractivity contribution < 1.29 is 13.6 Å². The number of nitrogens with one attached hydrogen (secondary N) is 1. The van der Waals surface area contributed by atoms with E-state index in [0.717, 1.165) is 6.07 Å². The van der Waals surface area contributed by atoms with Gasteiger partial charge >= 0.3 is 0 Å². The fourth-order valence-electron chi connectivity index (χ4n) is 2.80. The summed E-state index contributed by atoms with van der Waals surface area (Å²) in [6, 6.07) is 7.24. The molecule has 0 saturated heterocycles. The summed E-state index contributed by atoms with van der Waals surface area (Å²) < 4.78 is 29.2. The number of rotatable bonds is 3. The molecule has 24 heavy (non-hydrogen) atoms. The lowest BCUT2D eigenvalue weighted by atomic mass is 9.80. The van der Waals surface area contributed by atoms with E-state index in [0.29, 0.717) is 17.7 Å². The van der Waals surface area contributed by atoms with Crippen LogP contribution in [0.4, 0.5) is 8.78 Å². The first-order valence-corrected chi connectivity index (χ1v) is 7.84. The van der Waals surface area contributed by atoms with Gasteiger partial charge in [0.15, 0.2) is 0 Å². The molecule has 6 heteroatoms. The van der Waals surface area contributed by atoms with Gasteiger partial charge in [-0.25, -0.2) is 8.78 Å². The zero-order chi connectivity index (χ0) is 17.3. The number of carbonyl (C=O) groups is 1. The number of pyridine rings is 1. The van der Waals surface area contributed by atoms with Crippen molar-refractivity contribution in [2.24, 2.45) is 0 Å². The maximum Gasteiger partial charge on any atom is 0.262 e. The highest BCUT2D eigenvalue weighted by molar-refractivity contribution is 6.30. The molecule has 1 aromatic carbocycles. The Morgan fingerprint density at radius 2 is 2.21 bits per heavy atom. The number of benzene rings is 1. The lowest BCUT2D eigenvalue weighted by molar-refractivity contribution is -0.134. The normalized spacial score (nSPS) is 19.7. The lowest BCUT2D eigenvalue weighted by Crippen LogP contribution is -2.43. The Hall–Kier alpha value is -2.27. The van der Waals surface area contributed by atoms with Crippen molar-refractivity contribution in [1.82, 2.24) is 10.3 Å². The molecule has 2 aromatic rings. The first-order chi connectivity index (χ1) is 11.4. The van der Waals surface area contributed by atoms with Crippen molar-refractivity contribution in [3.05, 3.63) is 70.8 Å². The van der Waals surface area contributed by atoms with Crippen LogP contribution in [0.3, 0.4) is 0 Å². The number of halogens is 3. The molecule has 1 aromatic heterocycles. The molecule has 0 radical (unpaired) electrons. The second kappa shape index (κ2) is 6.32. The summed E-state index contributed by atoms with van der Waals surface area (Å²) >= 11 is 5.69. The molecule has 0 saturated carbocycles. The maximum atomic E-state index is 15.4. The number of aromatic nitrogens is 1. The first-order valence-electron chi connectivity index (χ1n) is 7.46. The lowest BCUT2D eigenvalue weighted by Gasteiger charge is -2.31. The molecule has 0 bridgehead atoms. The third-order valence-corrected chi connectivity index (χ3v) is 4.39. The molecule has 1 heterocycles. The number of amides is 1. The van der Waals surface area contributed by atoms with Crippen molar-refractivity contribution in [2.45, 2.75) is 25.1 Å². The predicted octanol–water partition coefficient (Wildman–Crippen LogP) is 4.16. The Morgan fingerprint density at radius 1 is 1.42 bits per heavy atom. The average Bonchev–Trinajstić information content (AvgIpc) is 2.57. The molecule has 3 nitrogen and oxygen atoms in total. The Morgan fingerprint density at radius 3 is 2.96 bits per heavy atom. The van der Waals surface area contributed by atoms with E-state index >= 15 is 4.39 Å². The van der Waals surface area contributed by atoms with E-state index in [4.69, 9.17) is 11.6 Å². The van der Waals surface area contributed by atoms with Crippen LogP contribution in [0.5, 0.6) is 0 Å². The summed E-state index contributed by atoms with van der Waals surface area (Å²) in [5, 5.41) is 2.73. The van der Waals surface area contributed by atoms with Crippen molar-refractivity contribution in [1.29, 1.82) is 0 Å². The molecule has 3 rings (SSSR count). The number of nitrogens with zero attached hydrogens (tertiary/aromatic N) is 1. The molecule has 1 N–H and O–H groups in total. The highest BCUT2D eigenvalue weighted by Gasteiger charge is 2.45. The van der Waals surface area contributed by atoms with Crippen LogP contribution in [-0.4, -0.2) is 10.9 Å². The number of carbonyl (C=O) groups excluding carboxylic acids is 1. The summed E-state index contributed by atoms with van der Waals surface area (Å²) in [5.41, 5.74) is -0.638. The summed E-state index contributed by atoms with van der Waals surface area (Å²) in [5.74, 6) is -1.35. The molecule has 1 aliphatic rings. The second-order valence-electron chi connectivity index (χ2n) is 5.72. The number of allylic oxidation sites excluding steroid dienone is 1. The van der Waals surface area contributed by atoms with E-state index in [1.807, 2.05) is 0 Å². The fourth-order valence-corrected chi connectivity index (χ4v) is 2.96. The van der Waals surface area contributed by atoms with Gasteiger partial charge in [-0.1, -0.05) is 30.3 Å². The summed E-state index contributed by atoms with van der Waals surface area (Å²) in [7, 11) is 0. The molecule has 124 valence electrons. The van der Waals surface area contributed by atoms with Crippen LogP contribution in [0.1, 0.15) is 29.7 Å². The van der Waals surface area contributed by atoms with Gasteiger partial charge in [-0.05, 0) is 36.6 Å². The molecule has 0 aliphatic heterocycles. The molecular weight excluding hydrogens is 334 g/mol. The van der Waals surface area contributed by atoms with E-state index < -0.39 is 17.4 Å². The van der Waals surface area contributed by atoms with E-state index in [9.17, 15) is 9.18 Å². The summed E-state index contributed by atoms with van der Waals surface area (Å²) in [6.45, 7) is 3.75. The monoisotopic (exact) mass is 348 g/mol. The Bertz CT molecular complexity index is 824. The minimum absolute atomic E-state index is 0.0144. The first kappa shape index (κ1) is 16.6. The van der Waals surface area contributed by atoms with E-state index in [2.05, 4.69) is 16.9 Å². The van der Waals surface area contributed by atoms with Crippen molar-refractivity contribution in [3.8, 4) is 0 Å². The van der Waals surface area contributed by atoms with E-state index in [1.165, 1.54) is 24.4 Å². The van der Waals surface area contributed by atoms with Crippen LogP contribution in [0, 0.1) is 5.82 Å². The van der Waals surface area contributed by atoms with Crippen LogP contribution >= 0.6 is 11.6 Å². The van der Waals surface area contributed by atoms with Crippen LogP contribution in [0.15, 0.2) is 43.1 Å². The topological polar surface area (TPSA) is 42.0 Å². The standard InChI is InChI=1S/C18H15ClF2N2O/c1-11-6-7-18(21,14-3-2-8-22-16(11)14)17(24)23-10-12-4-5-13(19)9-15(12)20/h2-5,8-9H,1,6-7,10H2,(H,23,24). The Labute approximate surface area is 143 Å². The number of hydrogen-bond donors (Lipinski definition) is 1. The van der Waals surface area contributed by atoms with Gasteiger partial charge in [0, 0.05) is 28.9 Å². The van der Waals surface area contributed by atoms with Gasteiger partial charge in [0.05, 0.1) is 5.69 Å². The molecule has 1 unspecified atom stereocenters. The largest absolute Gasteiger partial charge is 0.349 e. The van der Waals surface area contributed by atoms with Gasteiger partial charge in [0.2, 0.25) is 5.67 Å². The Balaban J connectivity index is 1.82. The summed E-state index contributed by atoms with van der Waals surface area (Å²) in [4.78, 5) is 16.6. The van der Waals surface area contributed by atoms with E-state index in [1.54, 1.807) is 6.07 Å². The van der Waals surface area contributed by atoms with Crippen LogP contribution < -0.4 is 5.32 Å². The van der Waals surface area contributed by atoms with Gasteiger partial charge in [-0.15, -0.1) is 0 Å². The SMILES string of the molecule is C=C1CCC(F)(C(=O)NCc2ccc(Cl)cc2F)c2cccnc21. The average molecular weight is 349 g/mol. The molecule has 1 atom stereocenters. The molecule has 1 amide bonds. The van der Waals surface area contributed by atoms with Gasteiger partial charge in [-0.3, -0.25) is 9.78 Å². The predicted molar refractivity (Wildman–Crippen MR) is 88.5 cm³/mol. The van der Waals surface area contributed by atoms with Crippen molar-refractivity contribution >= 4 is 23.1 Å². The number of alkyl halides is 1. The van der Waals surface area contributed by atoms with Crippen molar-refractivity contribution in [2.75, 3.05) is 0 Å². The Kier molecular flexibility index (Phi) is 4.37. The fraction of sp³-hybridized carbons (Fsp3) is 0.222. The second-order valence-corrected chi connectivity index (χ2v) is 6.16. The summed E-state index contributed by atoms with van der Waals surface area (Å²) in [6.07, 6.45) is 1.86. The third kappa shape index (κ3) is 2.91. The quantitative estimate of drug-likeness (QED) is 0.904. The van der Waals surface area contributed by atoms with Crippen LogP contribution in [0.25, 0.3) is 5.57 Å². The van der Waals surface area contributed by atoms with Gasteiger partial charge in [0.25, 0.3) is 5.91 Å². The minimum atomic E-state index is -2.20. The molecule has 1 aliphatic carbocycles. The zero-order valence-electron chi connectivity index (χ0n) is 12.8. The highest BCUT2D eigenvalue weighted by atomic mass is 35.5. The van der Waals surface area contributed by atoms with Gasteiger partial charge in [-0.2, -0.15) is 0 Å². The van der Waals surface area contributed by atoms with Crippen molar-refractivity contribution in [3.63, 3.8) is 0 Å². The zero-order valence-corrected chi connectivity index (χ0v) is 13.5. The maximum absolute atomic E-state index is 15.4. The van der Waals surface area contributed by atoms with Crippen LogP contribution in [-0.2, 0) is 17.0 Å². The molecular formula is C18H15ClF2N2O. The highest BCUT2D eigenvalue weighted by Crippen LogP contribution is 2.42. The number of hydrogen-bond acceptors (Lipinski definition) is 2.